The summed E-state index contributed by atoms with van der Waals surface area (Å²) in [5.74, 6) is 2.59. The van der Waals surface area contributed by atoms with Gasteiger partial charge >= 0.3 is 0 Å². The fourth-order valence-electron chi connectivity index (χ4n) is 9.77. The van der Waals surface area contributed by atoms with Gasteiger partial charge in [0.15, 0.2) is 5.60 Å². The summed E-state index contributed by atoms with van der Waals surface area (Å²) in [5, 5.41) is 2.43. The molecular formula is C44H44O3S2. The third kappa shape index (κ3) is 4.31. The highest BCUT2D eigenvalue weighted by Gasteiger charge is 2.65. The van der Waals surface area contributed by atoms with Gasteiger partial charge in [-0.05, 0) is 106 Å². The zero-order chi connectivity index (χ0) is 34.3. The summed E-state index contributed by atoms with van der Waals surface area (Å²) >= 11 is 3.62. The summed E-state index contributed by atoms with van der Waals surface area (Å²) in [4.78, 5) is 2.57. The van der Waals surface area contributed by atoms with Gasteiger partial charge in [0.05, 0.1) is 14.2 Å². The molecule has 3 nitrogen and oxygen atoms in total. The highest BCUT2D eigenvalue weighted by molar-refractivity contribution is 8.01. The molecule has 3 aliphatic rings. The molecule has 0 radical (unpaired) electrons. The third-order valence-electron chi connectivity index (χ3n) is 12.0. The van der Waals surface area contributed by atoms with Crippen LogP contribution in [0.4, 0.5) is 0 Å². The average Bonchev–Trinajstić information content (AvgIpc) is 3.56. The predicted octanol–water partition coefficient (Wildman–Crippen LogP) is 11.8. The molecule has 2 aliphatic carbocycles. The van der Waals surface area contributed by atoms with Crippen LogP contribution in [0.3, 0.4) is 0 Å². The van der Waals surface area contributed by atoms with Gasteiger partial charge in [0.25, 0.3) is 0 Å². The first-order valence-corrected chi connectivity index (χ1v) is 19.5. The fourth-order valence-corrected chi connectivity index (χ4v) is 11.3. The summed E-state index contributed by atoms with van der Waals surface area (Å²) in [7, 11) is 3.42. The lowest BCUT2D eigenvalue weighted by Crippen LogP contribution is -2.47. The van der Waals surface area contributed by atoms with E-state index in [1.165, 1.54) is 43.0 Å². The van der Waals surface area contributed by atoms with E-state index in [4.69, 9.17) is 14.2 Å². The van der Waals surface area contributed by atoms with Crippen LogP contribution in [0, 0.1) is 10.8 Å². The summed E-state index contributed by atoms with van der Waals surface area (Å²) in [5.41, 5.74) is 7.91. The SMILES string of the molecule is COc1ccc(C2(c3ccc(OC)cc3)C=Cc3c4c(c5cc(SC)c(SC)cc5c3O2)-c2ccccc2C42C(C)(C)CCC2(C)C)cc1. The van der Waals surface area contributed by atoms with Gasteiger partial charge in [-0.1, -0.05) is 82.3 Å². The zero-order valence-electron chi connectivity index (χ0n) is 29.7. The van der Waals surface area contributed by atoms with Crippen LogP contribution in [0.2, 0.25) is 0 Å². The predicted molar refractivity (Wildman–Crippen MR) is 207 cm³/mol. The van der Waals surface area contributed by atoms with Crippen molar-refractivity contribution in [2.24, 2.45) is 10.8 Å². The summed E-state index contributed by atoms with van der Waals surface area (Å²) in [6.45, 7) is 10.0. The van der Waals surface area contributed by atoms with E-state index in [1.54, 1.807) is 26.0 Å². The summed E-state index contributed by atoms with van der Waals surface area (Å²) in [6, 6.07) is 30.7. The molecule has 1 spiro atoms. The van der Waals surface area contributed by atoms with Crippen molar-refractivity contribution in [2.45, 2.75) is 61.3 Å². The number of thioether (sulfide) groups is 2. The maximum Gasteiger partial charge on any atom is 0.178 e. The Morgan fingerprint density at radius 3 is 1.73 bits per heavy atom. The minimum Gasteiger partial charge on any atom is -0.497 e. The van der Waals surface area contributed by atoms with Gasteiger partial charge in [0, 0.05) is 37.3 Å². The standard InChI is InChI=1S/C44H44O3S2/c1-41(2)23-24-42(3,4)44(41)35-12-10-9-11-31(35)38-33-25-36(48-7)37(49-8)26-34(33)40-32(39(38)44)21-22-43(47-40,27-13-17-29(45-5)18-14-27)28-15-19-30(46-6)20-16-28/h9-22,25-26H,23-24H2,1-8H3. The number of fused-ring (bicyclic) bond motifs is 10. The van der Waals surface area contributed by atoms with Crippen LogP contribution in [-0.2, 0) is 11.0 Å². The Morgan fingerprint density at radius 2 is 1.20 bits per heavy atom. The lowest BCUT2D eigenvalue weighted by atomic mass is 9.53. The summed E-state index contributed by atoms with van der Waals surface area (Å²) < 4.78 is 18.9. The van der Waals surface area contributed by atoms with E-state index in [1.807, 2.05) is 36.0 Å². The first-order chi connectivity index (χ1) is 23.6. The third-order valence-corrected chi connectivity index (χ3v) is 13.7. The van der Waals surface area contributed by atoms with Gasteiger partial charge in [0.2, 0.25) is 0 Å². The van der Waals surface area contributed by atoms with Crippen LogP contribution in [-0.4, -0.2) is 26.7 Å². The van der Waals surface area contributed by atoms with Crippen LogP contribution in [0.5, 0.6) is 17.2 Å². The van der Waals surface area contributed by atoms with Gasteiger partial charge in [-0.2, -0.15) is 0 Å². The van der Waals surface area contributed by atoms with Gasteiger partial charge in [-0.25, -0.2) is 0 Å². The molecule has 0 N–H and O–H groups in total. The Bertz CT molecular complexity index is 2080. The van der Waals surface area contributed by atoms with E-state index in [2.05, 4.69) is 113 Å². The second-order valence-electron chi connectivity index (χ2n) is 14.9. The van der Waals surface area contributed by atoms with Crippen molar-refractivity contribution >= 4 is 40.4 Å². The lowest BCUT2D eigenvalue weighted by Gasteiger charge is -2.50. The molecule has 250 valence electrons. The van der Waals surface area contributed by atoms with Crippen LogP contribution < -0.4 is 14.2 Å². The molecule has 1 fully saturated rings. The summed E-state index contributed by atoms with van der Waals surface area (Å²) in [6.07, 6.45) is 11.4. The first-order valence-electron chi connectivity index (χ1n) is 17.1. The van der Waals surface area contributed by atoms with Crippen molar-refractivity contribution in [2.75, 3.05) is 26.7 Å². The Hall–Kier alpha value is -3.80. The second-order valence-corrected chi connectivity index (χ2v) is 16.6. The topological polar surface area (TPSA) is 27.7 Å². The molecule has 5 heteroatoms. The largest absolute Gasteiger partial charge is 0.497 e. The number of benzene rings is 5. The molecule has 0 saturated heterocycles. The Kier molecular flexibility index (Phi) is 7.52. The monoisotopic (exact) mass is 684 g/mol. The maximum atomic E-state index is 7.70. The van der Waals surface area contributed by atoms with Crippen molar-refractivity contribution in [1.29, 1.82) is 0 Å². The van der Waals surface area contributed by atoms with Crippen molar-refractivity contribution in [3.63, 3.8) is 0 Å². The smallest absolute Gasteiger partial charge is 0.178 e. The van der Waals surface area contributed by atoms with Gasteiger partial charge < -0.3 is 14.2 Å². The van der Waals surface area contributed by atoms with E-state index < -0.39 is 5.60 Å². The Labute approximate surface area is 299 Å². The lowest BCUT2D eigenvalue weighted by molar-refractivity contribution is 0.144. The number of methoxy groups -OCH3 is 2. The minimum atomic E-state index is -0.871. The van der Waals surface area contributed by atoms with Crippen LogP contribution in [0.15, 0.2) is 101 Å². The Balaban J connectivity index is 1.52. The highest BCUT2D eigenvalue weighted by Crippen LogP contribution is 2.73. The fraction of sp³-hybridized carbons (Fsp3) is 0.318. The van der Waals surface area contributed by atoms with E-state index in [-0.39, 0.29) is 16.2 Å². The molecule has 5 aromatic carbocycles. The van der Waals surface area contributed by atoms with Crippen molar-refractivity contribution in [1.82, 2.24) is 0 Å². The normalized spacial score (nSPS) is 18.5. The molecule has 5 aromatic rings. The van der Waals surface area contributed by atoms with Crippen LogP contribution in [0.25, 0.3) is 28.0 Å². The number of ether oxygens (including phenoxy) is 3. The molecule has 0 atom stereocenters. The number of hydrogen-bond acceptors (Lipinski definition) is 5. The molecule has 1 aliphatic heterocycles. The van der Waals surface area contributed by atoms with E-state index in [0.717, 1.165) is 46.6 Å². The molecule has 1 saturated carbocycles. The average molecular weight is 685 g/mol. The molecule has 0 amide bonds. The second kappa shape index (κ2) is 11.4. The molecule has 8 rings (SSSR count). The van der Waals surface area contributed by atoms with Crippen molar-refractivity contribution in [3.05, 3.63) is 119 Å². The number of hydrogen-bond donors (Lipinski definition) is 0. The molecule has 1 heterocycles. The van der Waals surface area contributed by atoms with E-state index >= 15 is 0 Å². The van der Waals surface area contributed by atoms with Gasteiger partial charge in [0.1, 0.15) is 17.2 Å². The maximum absolute atomic E-state index is 7.70. The molecule has 49 heavy (non-hydrogen) atoms. The van der Waals surface area contributed by atoms with Gasteiger partial charge in [-0.3, -0.25) is 0 Å². The minimum absolute atomic E-state index is 0.0230. The number of rotatable bonds is 6. The molecule has 0 unspecified atom stereocenters. The van der Waals surface area contributed by atoms with Crippen molar-refractivity contribution < 1.29 is 14.2 Å². The molecular weight excluding hydrogens is 641 g/mol. The molecule has 0 aromatic heterocycles. The van der Waals surface area contributed by atoms with Crippen molar-refractivity contribution in [3.8, 4) is 28.4 Å². The van der Waals surface area contributed by atoms with E-state index in [0.29, 0.717) is 0 Å². The van der Waals surface area contributed by atoms with Crippen LogP contribution in [0.1, 0.15) is 68.4 Å². The quantitative estimate of drug-likeness (QED) is 0.166. The van der Waals surface area contributed by atoms with Gasteiger partial charge in [-0.15, -0.1) is 23.5 Å². The van der Waals surface area contributed by atoms with Crippen LogP contribution >= 0.6 is 23.5 Å². The Morgan fingerprint density at radius 1 is 0.673 bits per heavy atom. The molecule has 0 bridgehead atoms. The van der Waals surface area contributed by atoms with E-state index in [9.17, 15) is 0 Å². The highest BCUT2D eigenvalue weighted by atomic mass is 32.2. The first kappa shape index (κ1) is 32.4. The zero-order valence-corrected chi connectivity index (χ0v) is 31.3.